The van der Waals surface area contributed by atoms with Crippen molar-refractivity contribution in [2.75, 3.05) is 0 Å². The first-order valence-electron chi connectivity index (χ1n) is 7.18. The van der Waals surface area contributed by atoms with Crippen molar-refractivity contribution in [1.29, 1.82) is 0 Å². The van der Waals surface area contributed by atoms with Crippen LogP contribution in [0.3, 0.4) is 0 Å². The van der Waals surface area contributed by atoms with Gasteiger partial charge in [-0.15, -0.1) is 0 Å². The lowest BCUT2D eigenvalue weighted by molar-refractivity contribution is 0.305. The van der Waals surface area contributed by atoms with E-state index in [-0.39, 0.29) is 5.82 Å². The summed E-state index contributed by atoms with van der Waals surface area (Å²) < 4.78 is 20.1. The van der Waals surface area contributed by atoms with E-state index in [0.717, 1.165) is 36.1 Å². The van der Waals surface area contributed by atoms with Gasteiger partial charge in [0.15, 0.2) is 0 Å². The molecule has 0 N–H and O–H groups in total. The van der Waals surface area contributed by atoms with Gasteiger partial charge in [-0.3, -0.25) is 0 Å². The Kier molecular flexibility index (Phi) is 4.84. The van der Waals surface area contributed by atoms with Crippen molar-refractivity contribution in [3.63, 3.8) is 0 Å². The maximum atomic E-state index is 12.9. The quantitative estimate of drug-likeness (QED) is 0.600. The summed E-state index contributed by atoms with van der Waals surface area (Å²) in [6, 6.07) is 12.0. The second-order valence-corrected chi connectivity index (χ2v) is 6.69. The molecule has 0 saturated carbocycles. The molecule has 2 aromatic rings. The fourth-order valence-electron chi connectivity index (χ4n) is 2.59. The molecule has 0 atom stereocenters. The van der Waals surface area contributed by atoms with Crippen LogP contribution in [0.2, 0.25) is 5.02 Å². The Morgan fingerprint density at radius 3 is 2.55 bits per heavy atom. The Bertz CT molecular complexity index is 710. The topological polar surface area (TPSA) is 9.23 Å². The van der Waals surface area contributed by atoms with E-state index in [9.17, 15) is 4.39 Å². The molecule has 1 aliphatic rings. The first kappa shape index (κ1) is 15.6. The Morgan fingerprint density at radius 2 is 1.86 bits per heavy atom. The van der Waals surface area contributed by atoms with Gasteiger partial charge in [0.25, 0.3) is 0 Å². The van der Waals surface area contributed by atoms with Crippen molar-refractivity contribution >= 4 is 33.1 Å². The molecule has 114 valence electrons. The smallest absolute Gasteiger partial charge is 0.127 e. The SMILES string of the molecule is Fc1ccc(COc2ccc(Cl)cc2C2=C(Br)CCC2)cc1. The maximum absolute atomic E-state index is 12.9. The van der Waals surface area contributed by atoms with E-state index >= 15 is 0 Å². The highest BCUT2D eigenvalue weighted by molar-refractivity contribution is 9.11. The third kappa shape index (κ3) is 3.53. The molecule has 22 heavy (non-hydrogen) atoms. The Labute approximate surface area is 142 Å². The van der Waals surface area contributed by atoms with Crippen LogP contribution in [-0.2, 0) is 6.61 Å². The van der Waals surface area contributed by atoms with Crippen LogP contribution in [0.4, 0.5) is 4.39 Å². The molecule has 0 saturated heterocycles. The molecule has 4 heteroatoms. The van der Waals surface area contributed by atoms with Crippen molar-refractivity contribution in [1.82, 2.24) is 0 Å². The molecule has 1 aliphatic carbocycles. The predicted octanol–water partition coefficient (Wildman–Crippen LogP) is 6.35. The first-order valence-corrected chi connectivity index (χ1v) is 8.35. The van der Waals surface area contributed by atoms with Gasteiger partial charge in [0, 0.05) is 10.6 Å². The number of benzene rings is 2. The van der Waals surface area contributed by atoms with Crippen LogP contribution in [0, 0.1) is 5.82 Å². The van der Waals surface area contributed by atoms with Gasteiger partial charge in [-0.2, -0.15) is 0 Å². The van der Waals surface area contributed by atoms with Gasteiger partial charge in [0.05, 0.1) is 0 Å². The van der Waals surface area contributed by atoms with Crippen molar-refractivity contribution in [3.8, 4) is 5.75 Å². The molecular weight excluding hydrogens is 367 g/mol. The summed E-state index contributed by atoms with van der Waals surface area (Å²) in [5, 5.41) is 0.698. The van der Waals surface area contributed by atoms with Gasteiger partial charge >= 0.3 is 0 Å². The highest BCUT2D eigenvalue weighted by atomic mass is 79.9. The molecule has 0 amide bonds. The average molecular weight is 382 g/mol. The van der Waals surface area contributed by atoms with Crippen LogP contribution in [0.25, 0.3) is 5.57 Å². The highest BCUT2D eigenvalue weighted by Gasteiger charge is 2.18. The van der Waals surface area contributed by atoms with E-state index in [1.165, 1.54) is 22.2 Å². The number of ether oxygens (including phenoxy) is 1. The van der Waals surface area contributed by atoms with Crippen LogP contribution < -0.4 is 4.74 Å². The largest absolute Gasteiger partial charge is 0.488 e. The predicted molar refractivity (Wildman–Crippen MR) is 91.9 cm³/mol. The fraction of sp³-hybridized carbons (Fsp3) is 0.222. The van der Waals surface area contributed by atoms with E-state index in [4.69, 9.17) is 16.3 Å². The fourth-order valence-corrected chi connectivity index (χ4v) is 3.46. The summed E-state index contributed by atoms with van der Waals surface area (Å²) in [5.41, 5.74) is 3.23. The lowest BCUT2D eigenvalue weighted by atomic mass is 10.0. The summed E-state index contributed by atoms with van der Waals surface area (Å²) in [4.78, 5) is 0. The summed E-state index contributed by atoms with van der Waals surface area (Å²) in [6.45, 7) is 0.403. The zero-order valence-corrected chi connectivity index (χ0v) is 14.3. The van der Waals surface area contributed by atoms with Crippen molar-refractivity contribution in [3.05, 3.63) is 68.9 Å². The third-order valence-corrected chi connectivity index (χ3v) is 4.84. The lowest BCUT2D eigenvalue weighted by Crippen LogP contribution is -1.98. The number of hydrogen-bond donors (Lipinski definition) is 0. The Balaban J connectivity index is 1.84. The van der Waals surface area contributed by atoms with Crippen LogP contribution in [0.1, 0.15) is 30.4 Å². The van der Waals surface area contributed by atoms with E-state index in [0.29, 0.717) is 11.6 Å². The van der Waals surface area contributed by atoms with Gasteiger partial charge in [-0.05, 0) is 65.2 Å². The number of rotatable bonds is 4. The highest BCUT2D eigenvalue weighted by Crippen LogP contribution is 2.41. The van der Waals surface area contributed by atoms with Gasteiger partial charge in [0.1, 0.15) is 18.2 Å². The third-order valence-electron chi connectivity index (χ3n) is 3.72. The van der Waals surface area contributed by atoms with E-state index in [2.05, 4.69) is 15.9 Å². The minimum absolute atomic E-state index is 0.240. The lowest BCUT2D eigenvalue weighted by Gasteiger charge is -2.13. The summed E-state index contributed by atoms with van der Waals surface area (Å²) in [5.74, 6) is 0.568. The van der Waals surface area contributed by atoms with E-state index in [1.54, 1.807) is 12.1 Å². The molecule has 0 spiro atoms. The van der Waals surface area contributed by atoms with Gasteiger partial charge in [-0.25, -0.2) is 4.39 Å². The first-order chi connectivity index (χ1) is 10.6. The average Bonchev–Trinajstić information content (AvgIpc) is 2.93. The van der Waals surface area contributed by atoms with Crippen LogP contribution in [0.15, 0.2) is 46.9 Å². The molecule has 0 aliphatic heterocycles. The minimum Gasteiger partial charge on any atom is -0.488 e. The van der Waals surface area contributed by atoms with Gasteiger partial charge in [-0.1, -0.05) is 39.7 Å². The molecule has 3 rings (SSSR count). The van der Waals surface area contributed by atoms with Crippen molar-refractivity contribution < 1.29 is 9.13 Å². The maximum Gasteiger partial charge on any atom is 0.127 e. The molecular formula is C18H15BrClFO. The summed E-state index contributed by atoms with van der Waals surface area (Å²) in [7, 11) is 0. The molecule has 1 nitrogen and oxygen atoms in total. The molecule has 2 aromatic carbocycles. The normalized spacial score (nSPS) is 14.5. The molecule has 0 radical (unpaired) electrons. The number of halogens is 3. The minimum atomic E-state index is -0.240. The number of hydrogen-bond acceptors (Lipinski definition) is 1. The standard InChI is InChI=1S/C18H15BrClFO/c19-17-3-1-2-15(17)16-10-13(20)6-9-18(16)22-11-12-4-7-14(21)8-5-12/h4-10H,1-3,11H2. The summed E-state index contributed by atoms with van der Waals surface area (Å²) >= 11 is 9.79. The van der Waals surface area contributed by atoms with Gasteiger partial charge < -0.3 is 4.74 Å². The second-order valence-electron chi connectivity index (χ2n) is 5.29. The molecule has 0 heterocycles. The zero-order valence-electron chi connectivity index (χ0n) is 11.9. The Morgan fingerprint density at radius 1 is 1.09 bits per heavy atom. The molecule has 0 unspecified atom stereocenters. The van der Waals surface area contributed by atoms with Crippen LogP contribution >= 0.6 is 27.5 Å². The summed E-state index contributed by atoms with van der Waals surface area (Å²) in [6.07, 6.45) is 3.22. The second kappa shape index (κ2) is 6.84. The monoisotopic (exact) mass is 380 g/mol. The van der Waals surface area contributed by atoms with Gasteiger partial charge in [0.2, 0.25) is 0 Å². The van der Waals surface area contributed by atoms with Crippen LogP contribution in [-0.4, -0.2) is 0 Å². The molecule has 0 fully saturated rings. The molecule has 0 aromatic heterocycles. The Hall–Kier alpha value is -1.32. The van der Waals surface area contributed by atoms with Crippen LogP contribution in [0.5, 0.6) is 5.75 Å². The molecule has 0 bridgehead atoms. The van der Waals surface area contributed by atoms with Crippen molar-refractivity contribution in [2.45, 2.75) is 25.9 Å². The van der Waals surface area contributed by atoms with E-state index < -0.39 is 0 Å². The van der Waals surface area contributed by atoms with Crippen molar-refractivity contribution in [2.24, 2.45) is 0 Å². The zero-order chi connectivity index (χ0) is 15.5. The van der Waals surface area contributed by atoms with E-state index in [1.807, 2.05) is 18.2 Å². The number of allylic oxidation sites excluding steroid dienone is 2.